The van der Waals surface area contributed by atoms with E-state index in [1.807, 2.05) is 0 Å². The maximum atomic E-state index is 5.26. The Morgan fingerprint density at radius 3 is 2.50 bits per heavy atom. The normalized spacial score (nSPS) is 20.1. The molecular formula is C13H28N2O. The molecule has 0 aliphatic heterocycles. The summed E-state index contributed by atoms with van der Waals surface area (Å²) >= 11 is 0. The Balaban J connectivity index is 2.37. The predicted octanol–water partition coefficient (Wildman–Crippen LogP) is 1.87. The molecule has 0 radical (unpaired) electrons. The van der Waals surface area contributed by atoms with Gasteiger partial charge in [0, 0.05) is 31.8 Å². The number of nitrogens with zero attached hydrogens (tertiary/aromatic N) is 1. The van der Waals surface area contributed by atoms with Crippen LogP contribution >= 0.6 is 0 Å². The fourth-order valence-corrected chi connectivity index (χ4v) is 2.35. The smallest absolute Gasteiger partial charge is 0.0615 e. The summed E-state index contributed by atoms with van der Waals surface area (Å²) in [6.07, 6.45) is 3.95. The van der Waals surface area contributed by atoms with E-state index in [0.717, 1.165) is 25.7 Å². The molecule has 0 amide bonds. The molecule has 3 heteroatoms. The van der Waals surface area contributed by atoms with E-state index in [0.29, 0.717) is 12.1 Å². The molecule has 1 fully saturated rings. The van der Waals surface area contributed by atoms with Crippen molar-refractivity contribution in [1.82, 2.24) is 10.2 Å². The average molecular weight is 228 g/mol. The molecule has 1 rings (SSSR count). The van der Waals surface area contributed by atoms with Crippen molar-refractivity contribution in [1.29, 1.82) is 0 Å². The summed E-state index contributed by atoms with van der Waals surface area (Å²) in [6, 6.07) is 1.97. The van der Waals surface area contributed by atoms with Crippen molar-refractivity contribution in [2.45, 2.75) is 58.2 Å². The van der Waals surface area contributed by atoms with Crippen molar-refractivity contribution in [2.75, 3.05) is 26.8 Å². The molecule has 0 saturated heterocycles. The van der Waals surface area contributed by atoms with E-state index >= 15 is 0 Å². The van der Waals surface area contributed by atoms with E-state index < -0.39 is 0 Å². The van der Waals surface area contributed by atoms with E-state index in [1.165, 1.54) is 19.3 Å². The molecule has 0 aromatic carbocycles. The number of methoxy groups -OCH3 is 1. The zero-order chi connectivity index (χ0) is 12.0. The molecule has 1 aliphatic rings. The van der Waals surface area contributed by atoms with Crippen molar-refractivity contribution < 1.29 is 4.74 Å². The molecule has 0 spiro atoms. The van der Waals surface area contributed by atoms with Gasteiger partial charge < -0.3 is 10.1 Å². The van der Waals surface area contributed by atoms with Crippen LogP contribution in [0.1, 0.15) is 40.0 Å². The van der Waals surface area contributed by atoms with Crippen LogP contribution in [-0.4, -0.2) is 49.8 Å². The molecule has 0 aromatic rings. The minimum Gasteiger partial charge on any atom is -0.383 e. The maximum absolute atomic E-state index is 5.26. The van der Waals surface area contributed by atoms with Crippen LogP contribution in [-0.2, 0) is 4.74 Å². The minimum atomic E-state index is 0.515. The van der Waals surface area contributed by atoms with Crippen LogP contribution in [0.3, 0.4) is 0 Å². The molecule has 1 saturated carbocycles. The first-order valence-electron chi connectivity index (χ1n) is 6.70. The molecule has 1 N–H and O–H groups in total. The van der Waals surface area contributed by atoms with Gasteiger partial charge in [-0.3, -0.25) is 4.90 Å². The molecule has 3 nitrogen and oxygen atoms in total. The summed E-state index contributed by atoms with van der Waals surface area (Å²) in [6.45, 7) is 9.84. The Morgan fingerprint density at radius 1 is 1.38 bits per heavy atom. The van der Waals surface area contributed by atoms with Crippen LogP contribution in [0.25, 0.3) is 0 Å². The highest BCUT2D eigenvalue weighted by Crippen LogP contribution is 2.19. The highest BCUT2D eigenvalue weighted by Gasteiger charge is 2.25. The van der Waals surface area contributed by atoms with Crippen molar-refractivity contribution >= 4 is 0 Å². The fraction of sp³-hybridized carbons (Fsp3) is 1.00. The highest BCUT2D eigenvalue weighted by molar-refractivity contribution is 4.84. The first kappa shape index (κ1) is 13.9. The van der Waals surface area contributed by atoms with Crippen LogP contribution in [0.5, 0.6) is 0 Å². The number of hydrogen-bond acceptors (Lipinski definition) is 3. The van der Waals surface area contributed by atoms with Crippen LogP contribution in [0, 0.1) is 0 Å². The lowest BCUT2D eigenvalue weighted by Crippen LogP contribution is -2.48. The highest BCUT2D eigenvalue weighted by atomic mass is 16.5. The van der Waals surface area contributed by atoms with Gasteiger partial charge in [-0.2, -0.15) is 0 Å². The Labute approximate surface area is 101 Å². The van der Waals surface area contributed by atoms with Gasteiger partial charge in [0.25, 0.3) is 0 Å². The third kappa shape index (κ3) is 4.40. The Bertz CT molecular complexity index is 183. The van der Waals surface area contributed by atoms with E-state index in [4.69, 9.17) is 4.74 Å². The quantitative estimate of drug-likeness (QED) is 0.652. The molecule has 0 heterocycles. The van der Waals surface area contributed by atoms with Gasteiger partial charge in [0.05, 0.1) is 6.61 Å². The first-order chi connectivity index (χ1) is 7.72. The molecular weight excluding hydrogens is 200 g/mol. The van der Waals surface area contributed by atoms with Crippen molar-refractivity contribution in [3.63, 3.8) is 0 Å². The predicted molar refractivity (Wildman–Crippen MR) is 68.8 cm³/mol. The second-order valence-electron chi connectivity index (χ2n) is 4.88. The van der Waals surface area contributed by atoms with Gasteiger partial charge >= 0.3 is 0 Å². The first-order valence-corrected chi connectivity index (χ1v) is 6.70. The van der Waals surface area contributed by atoms with Crippen LogP contribution < -0.4 is 5.32 Å². The number of hydrogen-bond donors (Lipinski definition) is 1. The van der Waals surface area contributed by atoms with Crippen LogP contribution in [0.15, 0.2) is 0 Å². The van der Waals surface area contributed by atoms with Gasteiger partial charge in [-0.1, -0.05) is 13.8 Å². The molecule has 1 aliphatic carbocycles. The minimum absolute atomic E-state index is 0.515. The van der Waals surface area contributed by atoms with E-state index in [1.54, 1.807) is 7.11 Å². The second kappa shape index (κ2) is 7.25. The summed E-state index contributed by atoms with van der Waals surface area (Å²) in [5.74, 6) is 0. The summed E-state index contributed by atoms with van der Waals surface area (Å²) in [4.78, 5) is 2.55. The Kier molecular flexibility index (Phi) is 6.32. The molecule has 96 valence electrons. The lowest BCUT2D eigenvalue weighted by molar-refractivity contribution is 0.0711. The lowest BCUT2D eigenvalue weighted by atomic mass is 10.1. The molecule has 16 heavy (non-hydrogen) atoms. The average Bonchev–Trinajstić information content (AvgIpc) is 3.08. The lowest BCUT2D eigenvalue weighted by Gasteiger charge is -2.35. The number of ether oxygens (including phenoxy) is 1. The van der Waals surface area contributed by atoms with Gasteiger partial charge in [-0.05, 0) is 32.7 Å². The zero-order valence-corrected chi connectivity index (χ0v) is 11.3. The third-order valence-corrected chi connectivity index (χ3v) is 3.50. The van der Waals surface area contributed by atoms with Gasteiger partial charge in [0.2, 0.25) is 0 Å². The van der Waals surface area contributed by atoms with Gasteiger partial charge in [-0.25, -0.2) is 0 Å². The fourth-order valence-electron chi connectivity index (χ4n) is 2.35. The maximum Gasteiger partial charge on any atom is 0.0615 e. The molecule has 0 bridgehead atoms. The summed E-state index contributed by atoms with van der Waals surface area (Å²) < 4.78 is 5.26. The Morgan fingerprint density at radius 2 is 2.06 bits per heavy atom. The SMILES string of the molecule is CCC(CNC1CC1)N(CC)C(C)COC. The monoisotopic (exact) mass is 228 g/mol. The molecule has 2 atom stereocenters. The van der Waals surface area contributed by atoms with Crippen LogP contribution in [0.4, 0.5) is 0 Å². The summed E-state index contributed by atoms with van der Waals surface area (Å²) in [5, 5.41) is 3.64. The molecule has 0 aromatic heterocycles. The van der Waals surface area contributed by atoms with Crippen molar-refractivity contribution in [3.8, 4) is 0 Å². The van der Waals surface area contributed by atoms with Gasteiger partial charge in [-0.15, -0.1) is 0 Å². The molecule has 2 unspecified atom stereocenters. The van der Waals surface area contributed by atoms with Gasteiger partial charge in [0.1, 0.15) is 0 Å². The third-order valence-electron chi connectivity index (χ3n) is 3.50. The van der Waals surface area contributed by atoms with Gasteiger partial charge in [0.15, 0.2) is 0 Å². The number of rotatable bonds is 9. The largest absolute Gasteiger partial charge is 0.383 e. The van der Waals surface area contributed by atoms with Crippen molar-refractivity contribution in [2.24, 2.45) is 0 Å². The number of nitrogens with one attached hydrogen (secondary N) is 1. The van der Waals surface area contributed by atoms with E-state index in [2.05, 4.69) is 31.0 Å². The van der Waals surface area contributed by atoms with E-state index in [9.17, 15) is 0 Å². The second-order valence-corrected chi connectivity index (χ2v) is 4.88. The van der Waals surface area contributed by atoms with E-state index in [-0.39, 0.29) is 0 Å². The van der Waals surface area contributed by atoms with Crippen molar-refractivity contribution in [3.05, 3.63) is 0 Å². The topological polar surface area (TPSA) is 24.5 Å². The standard InChI is InChI=1S/C13H28N2O/c1-5-13(9-14-12-7-8-12)15(6-2)11(3)10-16-4/h11-14H,5-10H2,1-4H3. The van der Waals surface area contributed by atoms with Crippen LogP contribution in [0.2, 0.25) is 0 Å². The Hall–Kier alpha value is -0.120. The zero-order valence-electron chi connectivity index (χ0n) is 11.3. The number of likely N-dealkylation sites (N-methyl/N-ethyl adjacent to an activating group) is 1. The summed E-state index contributed by atoms with van der Waals surface area (Å²) in [5.41, 5.74) is 0. The summed E-state index contributed by atoms with van der Waals surface area (Å²) in [7, 11) is 1.79.